The molecule has 132 valence electrons. The van der Waals surface area contributed by atoms with Crippen LogP contribution in [0.1, 0.15) is 28.8 Å². The zero-order chi connectivity index (χ0) is 18.1. The first-order chi connectivity index (χ1) is 12.1. The minimum atomic E-state index is -0.242. The van der Waals surface area contributed by atoms with Gasteiger partial charge in [0, 0.05) is 18.7 Å². The fraction of sp³-hybridized carbons (Fsp3) is 0.263. The van der Waals surface area contributed by atoms with E-state index in [4.69, 9.17) is 10.5 Å². The number of nitrogen functional groups attached to an aromatic ring is 1. The Morgan fingerprint density at radius 2 is 1.80 bits per heavy atom. The molecule has 2 aromatic carbocycles. The van der Waals surface area contributed by atoms with Crippen molar-refractivity contribution < 1.29 is 19.1 Å². The average Bonchev–Trinajstić information content (AvgIpc) is 2.64. The molecule has 6 heteroatoms. The molecule has 2 rings (SSSR count). The van der Waals surface area contributed by atoms with E-state index < -0.39 is 0 Å². The van der Waals surface area contributed by atoms with E-state index >= 15 is 0 Å². The minimum Gasteiger partial charge on any atom is -0.494 e. The van der Waals surface area contributed by atoms with Gasteiger partial charge in [0.2, 0.25) is 0 Å². The van der Waals surface area contributed by atoms with Crippen molar-refractivity contribution >= 4 is 17.6 Å². The van der Waals surface area contributed by atoms with Crippen LogP contribution in [-0.2, 0) is 16.1 Å². The van der Waals surface area contributed by atoms with Gasteiger partial charge in [-0.3, -0.25) is 9.59 Å². The summed E-state index contributed by atoms with van der Waals surface area (Å²) in [7, 11) is 1.37. The third kappa shape index (κ3) is 5.84. The van der Waals surface area contributed by atoms with Gasteiger partial charge in [0.05, 0.1) is 19.3 Å². The smallest absolute Gasteiger partial charge is 0.305 e. The summed E-state index contributed by atoms with van der Waals surface area (Å²) < 4.78 is 10.1. The van der Waals surface area contributed by atoms with Gasteiger partial charge in [-0.25, -0.2) is 0 Å². The number of methoxy groups -OCH3 is 1. The lowest BCUT2D eigenvalue weighted by Gasteiger charge is -2.09. The number of rotatable bonds is 8. The molecule has 2 aromatic rings. The van der Waals surface area contributed by atoms with E-state index in [9.17, 15) is 9.59 Å². The number of carbonyl (C=O) groups excluding carboxylic acids is 2. The van der Waals surface area contributed by atoms with Gasteiger partial charge in [-0.1, -0.05) is 24.3 Å². The molecule has 1 amide bonds. The molecular weight excluding hydrogens is 320 g/mol. The Morgan fingerprint density at radius 3 is 2.48 bits per heavy atom. The number of nitrogens with one attached hydrogen (secondary N) is 1. The Bertz CT molecular complexity index is 714. The van der Waals surface area contributed by atoms with Crippen molar-refractivity contribution in [1.82, 2.24) is 5.32 Å². The van der Waals surface area contributed by atoms with E-state index in [-0.39, 0.29) is 11.9 Å². The van der Waals surface area contributed by atoms with E-state index in [0.29, 0.717) is 43.0 Å². The molecular formula is C19H22N2O4. The summed E-state index contributed by atoms with van der Waals surface area (Å²) in [6.45, 7) is 0.842. The largest absolute Gasteiger partial charge is 0.494 e. The van der Waals surface area contributed by atoms with E-state index in [1.165, 1.54) is 7.11 Å². The maximum absolute atomic E-state index is 12.1. The second-order valence-electron chi connectivity index (χ2n) is 5.44. The number of hydrogen-bond donors (Lipinski definition) is 2. The summed E-state index contributed by atoms with van der Waals surface area (Å²) in [5.74, 6) is 0.266. The van der Waals surface area contributed by atoms with Crippen molar-refractivity contribution in [2.75, 3.05) is 19.5 Å². The van der Waals surface area contributed by atoms with Crippen LogP contribution in [0.3, 0.4) is 0 Å². The number of benzene rings is 2. The van der Waals surface area contributed by atoms with Gasteiger partial charge in [-0.2, -0.15) is 0 Å². The molecule has 0 atom stereocenters. The normalized spacial score (nSPS) is 10.1. The minimum absolute atomic E-state index is 0.207. The Morgan fingerprint density at radius 1 is 1.08 bits per heavy atom. The highest BCUT2D eigenvalue weighted by molar-refractivity contribution is 5.98. The molecule has 0 aliphatic heterocycles. The quantitative estimate of drug-likeness (QED) is 0.437. The highest BCUT2D eigenvalue weighted by Crippen LogP contribution is 2.14. The third-order valence-electron chi connectivity index (χ3n) is 3.60. The molecule has 0 saturated heterocycles. The standard InChI is InChI=1S/C19H22N2O4/c1-24-18(22)7-4-12-25-15-10-8-14(9-11-15)13-21-19(23)16-5-2-3-6-17(16)20/h2-3,5-6,8-11H,4,7,12-13,20H2,1H3,(H,21,23). The number of para-hydroxylation sites is 1. The Kier molecular flexibility index (Phi) is 6.83. The Hall–Kier alpha value is -3.02. The van der Waals surface area contributed by atoms with E-state index in [0.717, 1.165) is 5.56 Å². The van der Waals surface area contributed by atoms with E-state index in [1.807, 2.05) is 24.3 Å². The third-order valence-corrected chi connectivity index (χ3v) is 3.60. The number of hydrogen-bond acceptors (Lipinski definition) is 5. The first-order valence-corrected chi connectivity index (χ1v) is 8.01. The first kappa shape index (κ1) is 18.3. The topological polar surface area (TPSA) is 90.6 Å². The van der Waals surface area contributed by atoms with Crippen LogP contribution < -0.4 is 15.8 Å². The molecule has 6 nitrogen and oxygen atoms in total. The number of amides is 1. The highest BCUT2D eigenvalue weighted by Gasteiger charge is 2.08. The molecule has 25 heavy (non-hydrogen) atoms. The van der Waals surface area contributed by atoms with E-state index in [1.54, 1.807) is 24.3 Å². The van der Waals surface area contributed by atoms with Gasteiger partial charge in [0.25, 0.3) is 5.91 Å². The van der Waals surface area contributed by atoms with Gasteiger partial charge in [-0.15, -0.1) is 0 Å². The highest BCUT2D eigenvalue weighted by atomic mass is 16.5. The van der Waals surface area contributed by atoms with Crippen LogP contribution in [0.25, 0.3) is 0 Å². The van der Waals surface area contributed by atoms with Crippen molar-refractivity contribution in [3.8, 4) is 5.75 Å². The maximum atomic E-state index is 12.1. The van der Waals surface area contributed by atoms with Crippen molar-refractivity contribution in [3.05, 3.63) is 59.7 Å². The number of carbonyl (C=O) groups is 2. The number of nitrogens with two attached hydrogens (primary N) is 1. The first-order valence-electron chi connectivity index (χ1n) is 8.01. The molecule has 0 fully saturated rings. The van der Waals surface area contributed by atoms with Gasteiger partial charge in [0.15, 0.2) is 0 Å². The molecule has 0 aliphatic rings. The number of ether oxygens (including phenoxy) is 2. The fourth-order valence-corrected chi connectivity index (χ4v) is 2.19. The van der Waals surface area contributed by atoms with Crippen LogP contribution >= 0.6 is 0 Å². The van der Waals surface area contributed by atoms with Gasteiger partial charge < -0.3 is 20.5 Å². The van der Waals surface area contributed by atoms with Crippen LogP contribution in [0, 0.1) is 0 Å². The van der Waals surface area contributed by atoms with Crippen LogP contribution in [0.15, 0.2) is 48.5 Å². The fourth-order valence-electron chi connectivity index (χ4n) is 2.19. The van der Waals surface area contributed by atoms with Crippen molar-refractivity contribution in [1.29, 1.82) is 0 Å². The maximum Gasteiger partial charge on any atom is 0.305 e. The van der Waals surface area contributed by atoms with Crippen molar-refractivity contribution in [3.63, 3.8) is 0 Å². The molecule has 0 radical (unpaired) electrons. The molecule has 0 unspecified atom stereocenters. The summed E-state index contributed by atoms with van der Waals surface area (Å²) in [6, 6.07) is 14.4. The molecule has 0 bridgehead atoms. The van der Waals surface area contributed by atoms with Crippen LogP contribution in [-0.4, -0.2) is 25.6 Å². The van der Waals surface area contributed by atoms with Crippen LogP contribution in [0.4, 0.5) is 5.69 Å². The zero-order valence-electron chi connectivity index (χ0n) is 14.2. The summed E-state index contributed by atoms with van der Waals surface area (Å²) in [5.41, 5.74) is 7.66. The molecule has 0 spiro atoms. The van der Waals surface area contributed by atoms with Crippen molar-refractivity contribution in [2.45, 2.75) is 19.4 Å². The monoisotopic (exact) mass is 342 g/mol. The van der Waals surface area contributed by atoms with Crippen LogP contribution in [0.2, 0.25) is 0 Å². The number of esters is 1. The lowest BCUT2D eigenvalue weighted by atomic mass is 10.1. The zero-order valence-corrected chi connectivity index (χ0v) is 14.2. The average molecular weight is 342 g/mol. The van der Waals surface area contributed by atoms with Crippen LogP contribution in [0.5, 0.6) is 5.75 Å². The second-order valence-corrected chi connectivity index (χ2v) is 5.44. The predicted octanol–water partition coefficient (Wildman–Crippen LogP) is 2.53. The van der Waals surface area contributed by atoms with Crippen molar-refractivity contribution in [2.24, 2.45) is 0 Å². The molecule has 0 aliphatic carbocycles. The molecule has 0 heterocycles. The number of anilines is 1. The summed E-state index contributed by atoms with van der Waals surface area (Å²) in [5, 5.41) is 2.84. The van der Waals surface area contributed by atoms with Gasteiger partial charge in [-0.05, 0) is 36.2 Å². The lowest BCUT2D eigenvalue weighted by Crippen LogP contribution is -2.23. The Balaban J connectivity index is 1.77. The second kappa shape index (κ2) is 9.32. The van der Waals surface area contributed by atoms with Gasteiger partial charge >= 0.3 is 5.97 Å². The Labute approximate surface area is 146 Å². The summed E-state index contributed by atoms with van der Waals surface area (Å²) in [6.07, 6.45) is 0.937. The SMILES string of the molecule is COC(=O)CCCOc1ccc(CNC(=O)c2ccccc2N)cc1. The summed E-state index contributed by atoms with van der Waals surface area (Å²) >= 11 is 0. The summed E-state index contributed by atoms with van der Waals surface area (Å²) in [4.78, 5) is 23.1. The predicted molar refractivity (Wildman–Crippen MR) is 95.2 cm³/mol. The lowest BCUT2D eigenvalue weighted by molar-refractivity contribution is -0.140. The van der Waals surface area contributed by atoms with Gasteiger partial charge in [0.1, 0.15) is 5.75 Å². The van der Waals surface area contributed by atoms with E-state index in [2.05, 4.69) is 10.1 Å². The molecule has 0 saturated carbocycles. The molecule has 0 aromatic heterocycles. The molecule has 3 N–H and O–H groups in total.